The summed E-state index contributed by atoms with van der Waals surface area (Å²) >= 11 is 0. The number of nitrogens with zero attached hydrogens (tertiary/aromatic N) is 6. The topological polar surface area (TPSA) is 112 Å². The number of aromatic nitrogens is 6. The van der Waals surface area contributed by atoms with E-state index in [2.05, 4.69) is 30.9 Å². The van der Waals surface area contributed by atoms with Gasteiger partial charge in [0.1, 0.15) is 0 Å². The molecule has 1 atom stereocenters. The van der Waals surface area contributed by atoms with Gasteiger partial charge in [0.25, 0.3) is 11.7 Å². The molecule has 0 aliphatic heterocycles. The maximum Gasteiger partial charge on any atom is 0.293 e. The van der Waals surface area contributed by atoms with Crippen LogP contribution in [0, 0.1) is 6.92 Å². The van der Waals surface area contributed by atoms with Crippen LogP contribution < -0.4 is 5.32 Å². The maximum absolute atomic E-state index is 12.2. The number of fused-ring (bicyclic) bond motifs is 1. The van der Waals surface area contributed by atoms with Gasteiger partial charge in [-0.05, 0) is 35.2 Å². The molecule has 2 heterocycles. The molecule has 24 heavy (non-hydrogen) atoms. The Balaban J connectivity index is 1.55. The van der Waals surface area contributed by atoms with Crippen LogP contribution in [0.5, 0.6) is 0 Å². The third-order valence-corrected chi connectivity index (χ3v) is 4.02. The number of nitrogens with one attached hydrogen (secondary N) is 1. The van der Waals surface area contributed by atoms with E-state index in [9.17, 15) is 4.79 Å². The Labute approximate surface area is 137 Å². The van der Waals surface area contributed by atoms with Crippen LogP contribution in [0.25, 0.3) is 11.4 Å². The van der Waals surface area contributed by atoms with E-state index in [1.54, 1.807) is 14.0 Å². The molecule has 0 fully saturated rings. The van der Waals surface area contributed by atoms with Crippen LogP contribution in [0.1, 0.15) is 40.1 Å². The molecule has 122 valence electrons. The zero-order valence-electron chi connectivity index (χ0n) is 13.2. The molecular weight excluding hydrogens is 310 g/mol. The SMILES string of the molecule is Cc1nc(-c2ccc3c(c2)CC[C@H]3NC(=O)c2nnn(C)n2)no1. The Hall–Kier alpha value is -3.10. The number of amides is 1. The minimum atomic E-state index is -0.321. The molecule has 0 saturated carbocycles. The molecule has 1 aliphatic rings. The van der Waals surface area contributed by atoms with Crippen LogP contribution in [0.2, 0.25) is 0 Å². The zero-order valence-corrected chi connectivity index (χ0v) is 13.2. The highest BCUT2D eigenvalue weighted by Gasteiger charge is 2.26. The predicted molar refractivity (Wildman–Crippen MR) is 81.8 cm³/mol. The quantitative estimate of drug-likeness (QED) is 0.764. The van der Waals surface area contributed by atoms with Gasteiger partial charge in [-0.2, -0.15) is 9.78 Å². The number of hydrogen-bond donors (Lipinski definition) is 1. The predicted octanol–water partition coefficient (Wildman–Crippen LogP) is 0.986. The molecule has 9 heteroatoms. The lowest BCUT2D eigenvalue weighted by Crippen LogP contribution is -2.28. The van der Waals surface area contributed by atoms with Gasteiger partial charge in [-0.15, -0.1) is 10.2 Å². The molecule has 0 unspecified atom stereocenters. The van der Waals surface area contributed by atoms with E-state index in [0.29, 0.717) is 11.7 Å². The highest BCUT2D eigenvalue weighted by Crippen LogP contribution is 2.33. The standard InChI is InChI=1S/C15H15N7O2/c1-8-16-13(20-24-8)10-3-5-11-9(7-10)4-6-12(11)17-15(23)14-18-21-22(2)19-14/h3,5,7,12H,4,6H2,1-2H3,(H,17,23)/t12-/m1/s1. The van der Waals surface area contributed by atoms with Gasteiger partial charge in [-0.25, -0.2) is 0 Å². The van der Waals surface area contributed by atoms with Gasteiger partial charge in [-0.1, -0.05) is 17.3 Å². The van der Waals surface area contributed by atoms with Crippen LogP contribution in [0.3, 0.4) is 0 Å². The average Bonchev–Trinajstić information content (AvgIpc) is 3.28. The van der Waals surface area contributed by atoms with Crippen molar-refractivity contribution in [2.75, 3.05) is 0 Å². The smallest absolute Gasteiger partial charge is 0.293 e. The molecule has 0 spiro atoms. The zero-order chi connectivity index (χ0) is 16.7. The first-order chi connectivity index (χ1) is 11.6. The third-order valence-electron chi connectivity index (χ3n) is 4.02. The van der Waals surface area contributed by atoms with E-state index in [1.165, 1.54) is 10.4 Å². The summed E-state index contributed by atoms with van der Waals surface area (Å²) in [6.07, 6.45) is 1.70. The molecule has 2 aromatic heterocycles. The van der Waals surface area contributed by atoms with E-state index in [0.717, 1.165) is 24.0 Å². The average molecular weight is 325 g/mol. The van der Waals surface area contributed by atoms with Crippen LogP contribution >= 0.6 is 0 Å². The summed E-state index contributed by atoms with van der Waals surface area (Å²) in [4.78, 5) is 17.7. The molecule has 0 bridgehead atoms. The summed E-state index contributed by atoms with van der Waals surface area (Å²) in [6.45, 7) is 1.76. The van der Waals surface area contributed by atoms with Gasteiger partial charge in [0.15, 0.2) is 0 Å². The fourth-order valence-corrected chi connectivity index (χ4v) is 2.92. The van der Waals surface area contributed by atoms with Crippen molar-refractivity contribution in [2.24, 2.45) is 7.05 Å². The lowest BCUT2D eigenvalue weighted by atomic mass is 10.0. The van der Waals surface area contributed by atoms with E-state index >= 15 is 0 Å². The largest absolute Gasteiger partial charge is 0.342 e. The van der Waals surface area contributed by atoms with Gasteiger partial charge < -0.3 is 9.84 Å². The first kappa shape index (κ1) is 14.5. The minimum Gasteiger partial charge on any atom is -0.342 e. The van der Waals surface area contributed by atoms with Gasteiger partial charge in [-0.3, -0.25) is 4.79 Å². The lowest BCUT2D eigenvalue weighted by molar-refractivity contribution is 0.0926. The van der Waals surface area contributed by atoms with Gasteiger partial charge in [0, 0.05) is 12.5 Å². The van der Waals surface area contributed by atoms with Crippen molar-refractivity contribution < 1.29 is 9.32 Å². The first-order valence-corrected chi connectivity index (χ1v) is 7.58. The van der Waals surface area contributed by atoms with Crippen molar-refractivity contribution in [1.82, 2.24) is 35.7 Å². The Morgan fingerprint density at radius 3 is 3.00 bits per heavy atom. The Morgan fingerprint density at radius 1 is 1.42 bits per heavy atom. The summed E-state index contributed by atoms with van der Waals surface area (Å²) in [5.74, 6) is 0.863. The normalized spacial score (nSPS) is 16.2. The van der Waals surface area contributed by atoms with Crippen LogP contribution in [-0.4, -0.2) is 36.3 Å². The van der Waals surface area contributed by atoms with Crippen molar-refractivity contribution >= 4 is 5.91 Å². The van der Waals surface area contributed by atoms with E-state index in [1.807, 2.05) is 18.2 Å². The number of benzene rings is 1. The molecular formula is C15H15N7O2. The summed E-state index contributed by atoms with van der Waals surface area (Å²) in [6, 6.07) is 5.93. The second-order valence-corrected chi connectivity index (χ2v) is 5.72. The fraction of sp³-hybridized carbons (Fsp3) is 0.333. The summed E-state index contributed by atoms with van der Waals surface area (Å²) in [7, 11) is 1.62. The van der Waals surface area contributed by atoms with Crippen molar-refractivity contribution in [3.05, 3.63) is 41.0 Å². The molecule has 1 amide bonds. The fourth-order valence-electron chi connectivity index (χ4n) is 2.92. The minimum absolute atomic E-state index is 0.0580. The maximum atomic E-state index is 12.2. The van der Waals surface area contributed by atoms with Crippen molar-refractivity contribution in [2.45, 2.75) is 25.8 Å². The van der Waals surface area contributed by atoms with E-state index in [-0.39, 0.29) is 17.8 Å². The molecule has 9 nitrogen and oxygen atoms in total. The van der Waals surface area contributed by atoms with Crippen LogP contribution in [0.4, 0.5) is 0 Å². The Bertz CT molecular complexity index is 914. The van der Waals surface area contributed by atoms with Crippen molar-refractivity contribution in [1.29, 1.82) is 0 Å². The molecule has 1 N–H and O–H groups in total. The molecule has 0 radical (unpaired) electrons. The summed E-state index contributed by atoms with van der Waals surface area (Å²) in [5.41, 5.74) is 3.18. The number of rotatable bonds is 3. The Kier molecular flexibility index (Phi) is 3.33. The summed E-state index contributed by atoms with van der Waals surface area (Å²) in [5, 5.41) is 18.2. The van der Waals surface area contributed by atoms with Gasteiger partial charge in [0.2, 0.25) is 11.7 Å². The third kappa shape index (κ3) is 2.53. The van der Waals surface area contributed by atoms with Crippen LogP contribution in [-0.2, 0) is 13.5 Å². The number of hydrogen-bond acceptors (Lipinski definition) is 7. The number of carbonyl (C=O) groups is 1. The number of aryl methyl sites for hydroxylation is 3. The number of tetrazole rings is 1. The molecule has 4 rings (SSSR count). The first-order valence-electron chi connectivity index (χ1n) is 7.58. The van der Waals surface area contributed by atoms with E-state index in [4.69, 9.17) is 4.52 Å². The second-order valence-electron chi connectivity index (χ2n) is 5.72. The van der Waals surface area contributed by atoms with Gasteiger partial charge in [0.05, 0.1) is 13.1 Å². The highest BCUT2D eigenvalue weighted by atomic mass is 16.5. The molecule has 3 aromatic rings. The highest BCUT2D eigenvalue weighted by molar-refractivity contribution is 5.90. The van der Waals surface area contributed by atoms with Crippen LogP contribution in [0.15, 0.2) is 22.7 Å². The van der Waals surface area contributed by atoms with Gasteiger partial charge >= 0.3 is 0 Å². The molecule has 1 aromatic carbocycles. The number of carbonyl (C=O) groups excluding carboxylic acids is 1. The second kappa shape index (κ2) is 5.52. The summed E-state index contributed by atoms with van der Waals surface area (Å²) < 4.78 is 5.02. The van der Waals surface area contributed by atoms with E-state index < -0.39 is 0 Å². The Morgan fingerprint density at radius 2 is 2.29 bits per heavy atom. The van der Waals surface area contributed by atoms with Crippen molar-refractivity contribution in [3.8, 4) is 11.4 Å². The lowest BCUT2D eigenvalue weighted by Gasteiger charge is -2.12. The monoisotopic (exact) mass is 325 g/mol. The molecule has 0 saturated heterocycles. The van der Waals surface area contributed by atoms with Crippen molar-refractivity contribution in [3.63, 3.8) is 0 Å². The molecule has 1 aliphatic carbocycles.